The Kier molecular flexibility index (Phi) is 5.92. The molecule has 154 valence electrons. The van der Waals surface area contributed by atoms with E-state index in [9.17, 15) is 14.0 Å². The smallest absolute Gasteiger partial charge is 0.289 e. The van der Waals surface area contributed by atoms with Gasteiger partial charge in [0.15, 0.2) is 5.76 Å². The molecule has 2 aliphatic heterocycles. The van der Waals surface area contributed by atoms with Gasteiger partial charge >= 0.3 is 0 Å². The van der Waals surface area contributed by atoms with Gasteiger partial charge in [-0.15, -0.1) is 0 Å². The Hall–Kier alpha value is -2.71. The van der Waals surface area contributed by atoms with Gasteiger partial charge in [-0.1, -0.05) is 12.1 Å². The van der Waals surface area contributed by atoms with Crippen LogP contribution in [0, 0.1) is 5.82 Å². The third kappa shape index (κ3) is 4.49. The Morgan fingerprint density at radius 2 is 1.59 bits per heavy atom. The number of morpholine rings is 1. The number of amides is 2. The van der Waals surface area contributed by atoms with Gasteiger partial charge in [0.25, 0.3) is 5.91 Å². The molecule has 29 heavy (non-hydrogen) atoms. The summed E-state index contributed by atoms with van der Waals surface area (Å²) in [6, 6.07) is 9.46. The maximum Gasteiger partial charge on any atom is 0.289 e. The normalized spacial score (nSPS) is 18.1. The number of rotatable bonds is 4. The second-order valence-electron chi connectivity index (χ2n) is 7.21. The molecule has 2 fully saturated rings. The first-order valence-corrected chi connectivity index (χ1v) is 9.84. The van der Waals surface area contributed by atoms with E-state index in [0.717, 1.165) is 13.1 Å². The molecule has 4 rings (SSSR count). The van der Waals surface area contributed by atoms with Crippen LogP contribution in [0.2, 0.25) is 0 Å². The van der Waals surface area contributed by atoms with Gasteiger partial charge in [-0.05, 0) is 24.3 Å². The molecule has 2 aromatic rings. The lowest BCUT2D eigenvalue weighted by Gasteiger charge is -2.36. The first-order chi connectivity index (χ1) is 14.1. The highest BCUT2D eigenvalue weighted by molar-refractivity contribution is 5.92. The number of hydrogen-bond acceptors (Lipinski definition) is 5. The zero-order valence-corrected chi connectivity index (χ0v) is 16.2. The summed E-state index contributed by atoms with van der Waals surface area (Å²) in [4.78, 5) is 30.8. The van der Waals surface area contributed by atoms with Gasteiger partial charge in [-0.2, -0.15) is 0 Å². The second kappa shape index (κ2) is 8.75. The van der Waals surface area contributed by atoms with Crippen LogP contribution in [0.15, 0.2) is 40.8 Å². The van der Waals surface area contributed by atoms with Gasteiger partial charge in [0.05, 0.1) is 25.3 Å². The van der Waals surface area contributed by atoms with Gasteiger partial charge < -0.3 is 19.0 Å². The molecule has 7 nitrogen and oxygen atoms in total. The van der Waals surface area contributed by atoms with Crippen LogP contribution in [0.5, 0.6) is 0 Å². The largest absolute Gasteiger partial charge is 0.451 e. The number of benzene rings is 1. The number of hydrogen-bond donors (Lipinski definition) is 0. The standard InChI is InChI=1S/C21H24FN3O4/c22-17-4-2-1-3-16(17)18-5-6-19(29-18)21(27)25-9-7-24(8-10-25)20(26)15-23-11-13-28-14-12-23/h1-6H,7-15H2. The Bertz CT molecular complexity index is 870. The van der Waals surface area contributed by atoms with E-state index in [1.54, 1.807) is 40.1 Å². The van der Waals surface area contributed by atoms with Gasteiger partial charge in [-0.3, -0.25) is 14.5 Å². The average Bonchev–Trinajstić information content (AvgIpc) is 3.24. The van der Waals surface area contributed by atoms with Gasteiger partial charge in [0, 0.05) is 39.3 Å². The highest BCUT2D eigenvalue weighted by atomic mass is 19.1. The Balaban J connectivity index is 1.32. The van der Waals surface area contributed by atoms with Crippen molar-refractivity contribution in [2.24, 2.45) is 0 Å². The molecular weight excluding hydrogens is 377 g/mol. The summed E-state index contributed by atoms with van der Waals surface area (Å²) >= 11 is 0. The molecule has 0 N–H and O–H groups in total. The number of nitrogens with zero attached hydrogens (tertiary/aromatic N) is 3. The number of piperazine rings is 1. The first-order valence-electron chi connectivity index (χ1n) is 9.84. The van der Waals surface area contributed by atoms with E-state index >= 15 is 0 Å². The van der Waals surface area contributed by atoms with E-state index in [1.807, 2.05) is 0 Å². The van der Waals surface area contributed by atoms with Crippen LogP contribution in [0.25, 0.3) is 11.3 Å². The third-order valence-electron chi connectivity index (χ3n) is 5.34. The van der Waals surface area contributed by atoms with Crippen molar-refractivity contribution in [3.63, 3.8) is 0 Å². The lowest BCUT2D eigenvalue weighted by molar-refractivity contribution is -0.134. The lowest BCUT2D eigenvalue weighted by atomic mass is 10.1. The Labute approximate surface area is 168 Å². The first kappa shape index (κ1) is 19.6. The van der Waals surface area contributed by atoms with Crippen molar-refractivity contribution >= 4 is 11.8 Å². The summed E-state index contributed by atoms with van der Waals surface area (Å²) in [6.45, 7) is 5.14. The van der Waals surface area contributed by atoms with Crippen LogP contribution in [-0.2, 0) is 9.53 Å². The average molecular weight is 401 g/mol. The molecule has 2 saturated heterocycles. The van der Waals surface area contributed by atoms with Crippen LogP contribution < -0.4 is 0 Å². The molecule has 1 aromatic carbocycles. The molecule has 0 aliphatic carbocycles. The molecular formula is C21H24FN3O4. The van der Waals surface area contributed by atoms with Crippen molar-refractivity contribution in [2.45, 2.75) is 0 Å². The van der Waals surface area contributed by atoms with Crippen molar-refractivity contribution < 1.29 is 23.1 Å². The summed E-state index contributed by atoms with van der Waals surface area (Å²) in [5, 5.41) is 0. The number of carbonyl (C=O) groups excluding carboxylic acids is 2. The number of halogens is 1. The number of carbonyl (C=O) groups is 2. The van der Waals surface area contributed by atoms with Crippen molar-refractivity contribution in [3.8, 4) is 11.3 Å². The van der Waals surface area contributed by atoms with Crippen LogP contribution in [-0.4, -0.2) is 85.5 Å². The Morgan fingerprint density at radius 3 is 2.31 bits per heavy atom. The van der Waals surface area contributed by atoms with E-state index in [4.69, 9.17) is 9.15 Å². The molecule has 2 amide bonds. The van der Waals surface area contributed by atoms with Gasteiger partial charge in [-0.25, -0.2) is 4.39 Å². The lowest BCUT2D eigenvalue weighted by Crippen LogP contribution is -2.53. The van der Waals surface area contributed by atoms with Gasteiger partial charge in [0.2, 0.25) is 5.91 Å². The summed E-state index contributed by atoms with van der Waals surface area (Å²) in [7, 11) is 0. The van der Waals surface area contributed by atoms with E-state index in [0.29, 0.717) is 57.3 Å². The minimum Gasteiger partial charge on any atom is -0.451 e. The summed E-state index contributed by atoms with van der Waals surface area (Å²) < 4.78 is 24.8. The van der Waals surface area contributed by atoms with Crippen molar-refractivity contribution in [1.82, 2.24) is 14.7 Å². The predicted molar refractivity (Wildman–Crippen MR) is 104 cm³/mol. The quantitative estimate of drug-likeness (QED) is 0.780. The molecule has 0 unspecified atom stereocenters. The fourth-order valence-electron chi connectivity index (χ4n) is 3.62. The fourth-order valence-corrected chi connectivity index (χ4v) is 3.62. The summed E-state index contributed by atoms with van der Waals surface area (Å²) in [6.07, 6.45) is 0. The van der Waals surface area contributed by atoms with Crippen molar-refractivity contribution in [3.05, 3.63) is 48.0 Å². The van der Waals surface area contributed by atoms with E-state index in [2.05, 4.69) is 4.90 Å². The van der Waals surface area contributed by atoms with Crippen LogP contribution >= 0.6 is 0 Å². The summed E-state index contributed by atoms with van der Waals surface area (Å²) in [5.74, 6) is -0.0536. The second-order valence-corrected chi connectivity index (χ2v) is 7.21. The van der Waals surface area contributed by atoms with Crippen LogP contribution in [0.1, 0.15) is 10.6 Å². The van der Waals surface area contributed by atoms with Gasteiger partial charge in [0.1, 0.15) is 11.6 Å². The molecule has 0 radical (unpaired) electrons. The van der Waals surface area contributed by atoms with Crippen molar-refractivity contribution in [1.29, 1.82) is 0 Å². The zero-order valence-electron chi connectivity index (χ0n) is 16.2. The molecule has 1 aromatic heterocycles. The molecule has 8 heteroatoms. The molecule has 0 atom stereocenters. The molecule has 0 spiro atoms. The molecule has 0 saturated carbocycles. The SMILES string of the molecule is O=C(CN1CCOCC1)N1CCN(C(=O)c2ccc(-c3ccccc3F)o2)CC1. The monoisotopic (exact) mass is 401 g/mol. The van der Waals surface area contributed by atoms with Crippen LogP contribution in [0.3, 0.4) is 0 Å². The number of furan rings is 1. The minimum atomic E-state index is -0.395. The van der Waals surface area contributed by atoms with E-state index in [1.165, 1.54) is 6.07 Å². The molecule has 0 bridgehead atoms. The predicted octanol–water partition coefficient (Wildman–Crippen LogP) is 1.70. The number of ether oxygens (including phenoxy) is 1. The Morgan fingerprint density at radius 1 is 0.897 bits per heavy atom. The maximum atomic E-state index is 13.9. The third-order valence-corrected chi connectivity index (χ3v) is 5.34. The summed E-state index contributed by atoms with van der Waals surface area (Å²) in [5.41, 5.74) is 0.324. The topological polar surface area (TPSA) is 66.2 Å². The fraction of sp³-hybridized carbons (Fsp3) is 0.429. The van der Waals surface area contributed by atoms with Crippen molar-refractivity contribution in [2.75, 3.05) is 59.0 Å². The molecule has 3 heterocycles. The van der Waals surface area contributed by atoms with Crippen LogP contribution in [0.4, 0.5) is 4.39 Å². The zero-order chi connectivity index (χ0) is 20.2. The minimum absolute atomic E-state index is 0.0823. The van der Waals surface area contributed by atoms with E-state index < -0.39 is 5.82 Å². The maximum absolute atomic E-state index is 13.9. The highest BCUT2D eigenvalue weighted by Gasteiger charge is 2.27. The molecule has 2 aliphatic rings. The van der Waals surface area contributed by atoms with E-state index in [-0.39, 0.29) is 17.6 Å². The highest BCUT2D eigenvalue weighted by Crippen LogP contribution is 2.25.